The molecule has 1 aliphatic carbocycles. The highest BCUT2D eigenvalue weighted by molar-refractivity contribution is 5.38. The Balaban J connectivity index is 0. The molecule has 1 fully saturated rings. The molecular formula is C16H32. The van der Waals surface area contributed by atoms with Gasteiger partial charge in [0.15, 0.2) is 0 Å². The van der Waals surface area contributed by atoms with E-state index in [1.165, 1.54) is 36.8 Å². The van der Waals surface area contributed by atoms with Crippen molar-refractivity contribution in [2.75, 3.05) is 0 Å². The fourth-order valence-corrected chi connectivity index (χ4v) is 2.01. The summed E-state index contributed by atoms with van der Waals surface area (Å²) >= 11 is 0. The highest BCUT2D eigenvalue weighted by atomic mass is 14.2. The molecule has 0 saturated heterocycles. The second kappa shape index (κ2) is 11.0. The largest absolute Gasteiger partial charge is 0.0730 e. The summed E-state index contributed by atoms with van der Waals surface area (Å²) in [6, 6.07) is 0. The van der Waals surface area contributed by atoms with E-state index in [1.54, 1.807) is 11.1 Å². The van der Waals surface area contributed by atoms with Gasteiger partial charge in [-0.1, -0.05) is 38.8 Å². The van der Waals surface area contributed by atoms with E-state index in [1.807, 2.05) is 27.7 Å². The van der Waals surface area contributed by atoms with Gasteiger partial charge < -0.3 is 0 Å². The molecule has 0 aromatic heterocycles. The lowest BCUT2D eigenvalue weighted by atomic mass is 9.85. The lowest BCUT2D eigenvalue weighted by Crippen LogP contribution is -2.02. The summed E-state index contributed by atoms with van der Waals surface area (Å²) in [4.78, 5) is 0. The van der Waals surface area contributed by atoms with E-state index in [9.17, 15) is 0 Å². The number of hydrogen-bond acceptors (Lipinski definition) is 0. The zero-order valence-electron chi connectivity index (χ0n) is 12.8. The van der Waals surface area contributed by atoms with Crippen molar-refractivity contribution in [3.8, 4) is 0 Å². The minimum Gasteiger partial charge on any atom is -0.0730 e. The molecule has 1 rings (SSSR count). The van der Waals surface area contributed by atoms with Gasteiger partial charge in [0.2, 0.25) is 0 Å². The quantitative estimate of drug-likeness (QED) is 0.454. The van der Waals surface area contributed by atoms with Crippen molar-refractivity contribution >= 4 is 0 Å². The third-order valence-electron chi connectivity index (χ3n) is 2.67. The van der Waals surface area contributed by atoms with E-state index in [0.717, 1.165) is 0 Å². The highest BCUT2D eigenvalue weighted by Crippen LogP contribution is 2.32. The van der Waals surface area contributed by atoms with Crippen LogP contribution in [0.2, 0.25) is 0 Å². The molecule has 16 heavy (non-hydrogen) atoms. The van der Waals surface area contributed by atoms with Gasteiger partial charge in [0.25, 0.3) is 0 Å². The lowest BCUT2D eigenvalue weighted by Gasteiger charge is -2.21. The monoisotopic (exact) mass is 224 g/mol. The Morgan fingerprint density at radius 2 is 0.875 bits per heavy atom. The van der Waals surface area contributed by atoms with Gasteiger partial charge in [-0.2, -0.15) is 0 Å². The summed E-state index contributed by atoms with van der Waals surface area (Å²) in [7, 11) is 0. The minimum atomic E-state index is 1.31. The first-order chi connectivity index (χ1) is 7.63. The molecule has 0 spiro atoms. The molecule has 0 aromatic rings. The van der Waals surface area contributed by atoms with E-state index in [4.69, 9.17) is 0 Å². The van der Waals surface area contributed by atoms with Crippen LogP contribution in [0.4, 0.5) is 0 Å². The fourth-order valence-electron chi connectivity index (χ4n) is 2.01. The van der Waals surface area contributed by atoms with Crippen LogP contribution < -0.4 is 0 Å². The second-order valence-electron chi connectivity index (χ2n) is 4.16. The normalized spacial score (nSPS) is 14.2. The summed E-state index contributed by atoms with van der Waals surface area (Å²) in [6.07, 6.45) is 5.39. The maximum Gasteiger partial charge on any atom is -0.0277 e. The first-order valence-electron chi connectivity index (χ1n) is 6.96. The highest BCUT2D eigenvalue weighted by Gasteiger charge is 2.13. The van der Waals surface area contributed by atoms with Gasteiger partial charge in [-0.15, -0.1) is 0 Å². The van der Waals surface area contributed by atoms with Gasteiger partial charge in [0.05, 0.1) is 0 Å². The van der Waals surface area contributed by atoms with Gasteiger partial charge >= 0.3 is 0 Å². The van der Waals surface area contributed by atoms with Crippen LogP contribution in [0.3, 0.4) is 0 Å². The Morgan fingerprint density at radius 3 is 1.06 bits per heavy atom. The standard InChI is InChI=1S/C12H20.2C2H6/c1-9(2)11-7-5-6-8-12(11)10(3)4;2*1-2/h5-8H2,1-4H3;2*1-2H3. The predicted molar refractivity (Wildman–Crippen MR) is 77.9 cm³/mol. The van der Waals surface area contributed by atoms with Crippen LogP contribution in [0.25, 0.3) is 0 Å². The molecule has 0 aromatic carbocycles. The molecule has 0 unspecified atom stereocenters. The topological polar surface area (TPSA) is 0 Å². The fraction of sp³-hybridized carbons (Fsp3) is 0.750. The molecule has 1 saturated carbocycles. The van der Waals surface area contributed by atoms with Crippen molar-refractivity contribution in [1.82, 2.24) is 0 Å². The van der Waals surface area contributed by atoms with Crippen molar-refractivity contribution in [3.63, 3.8) is 0 Å². The van der Waals surface area contributed by atoms with Crippen LogP contribution in [-0.2, 0) is 0 Å². The zero-order valence-corrected chi connectivity index (χ0v) is 12.8. The summed E-state index contributed by atoms with van der Waals surface area (Å²) in [5, 5.41) is 0. The molecule has 0 nitrogen and oxygen atoms in total. The van der Waals surface area contributed by atoms with Crippen LogP contribution in [0, 0.1) is 0 Å². The molecule has 96 valence electrons. The summed E-state index contributed by atoms with van der Waals surface area (Å²) in [5.41, 5.74) is 6.32. The molecule has 1 aliphatic rings. The third kappa shape index (κ3) is 6.15. The summed E-state index contributed by atoms with van der Waals surface area (Å²) in [6.45, 7) is 17.0. The van der Waals surface area contributed by atoms with Crippen LogP contribution in [0.1, 0.15) is 81.1 Å². The van der Waals surface area contributed by atoms with Crippen LogP contribution in [0.5, 0.6) is 0 Å². The minimum absolute atomic E-state index is 1.31. The maximum atomic E-state index is 2.24. The third-order valence-corrected chi connectivity index (χ3v) is 2.67. The van der Waals surface area contributed by atoms with E-state index < -0.39 is 0 Å². The average Bonchev–Trinajstić information content (AvgIpc) is 2.34. The number of rotatable bonds is 0. The molecule has 0 atom stereocenters. The van der Waals surface area contributed by atoms with Crippen LogP contribution in [0.15, 0.2) is 22.3 Å². The van der Waals surface area contributed by atoms with Gasteiger partial charge in [-0.25, -0.2) is 0 Å². The molecule has 0 bridgehead atoms. The van der Waals surface area contributed by atoms with Gasteiger partial charge in [0.1, 0.15) is 0 Å². The van der Waals surface area contributed by atoms with Crippen LogP contribution in [-0.4, -0.2) is 0 Å². The number of hydrogen-bond donors (Lipinski definition) is 0. The summed E-state index contributed by atoms with van der Waals surface area (Å²) in [5.74, 6) is 0. The Bertz CT molecular complexity index is 194. The first kappa shape index (κ1) is 17.9. The smallest absolute Gasteiger partial charge is 0.0277 e. The number of allylic oxidation sites excluding steroid dienone is 4. The zero-order chi connectivity index (χ0) is 13.1. The van der Waals surface area contributed by atoms with Gasteiger partial charge in [0, 0.05) is 0 Å². The van der Waals surface area contributed by atoms with Gasteiger partial charge in [-0.3, -0.25) is 0 Å². The van der Waals surface area contributed by atoms with Crippen LogP contribution >= 0.6 is 0 Å². The Hall–Kier alpha value is -0.520. The first-order valence-corrected chi connectivity index (χ1v) is 6.96. The Kier molecular flexibility index (Phi) is 12.3. The molecule has 0 aliphatic heterocycles. The molecule has 0 heterocycles. The van der Waals surface area contributed by atoms with Crippen molar-refractivity contribution in [3.05, 3.63) is 22.3 Å². The van der Waals surface area contributed by atoms with Crippen molar-refractivity contribution in [2.45, 2.75) is 81.1 Å². The van der Waals surface area contributed by atoms with Gasteiger partial charge in [-0.05, 0) is 64.5 Å². The SMILES string of the molecule is CC.CC.CC(C)=C1CCCCC1=C(C)C. The van der Waals surface area contributed by atoms with E-state index in [-0.39, 0.29) is 0 Å². The molecule has 0 amide bonds. The lowest BCUT2D eigenvalue weighted by molar-refractivity contribution is 0.668. The maximum absolute atomic E-state index is 2.24. The second-order valence-corrected chi connectivity index (χ2v) is 4.16. The molecule has 0 radical (unpaired) electrons. The molecular weight excluding hydrogens is 192 g/mol. The van der Waals surface area contributed by atoms with E-state index in [0.29, 0.717) is 0 Å². The van der Waals surface area contributed by atoms with Crippen molar-refractivity contribution in [2.24, 2.45) is 0 Å². The predicted octanol–water partition coefficient (Wildman–Crippen LogP) is 6.29. The van der Waals surface area contributed by atoms with Crippen molar-refractivity contribution in [1.29, 1.82) is 0 Å². The van der Waals surface area contributed by atoms with E-state index in [2.05, 4.69) is 27.7 Å². The average molecular weight is 224 g/mol. The summed E-state index contributed by atoms with van der Waals surface area (Å²) < 4.78 is 0. The molecule has 0 N–H and O–H groups in total. The van der Waals surface area contributed by atoms with Crippen molar-refractivity contribution < 1.29 is 0 Å². The van der Waals surface area contributed by atoms with E-state index >= 15 is 0 Å². The molecule has 0 heteroatoms. The Morgan fingerprint density at radius 1 is 0.625 bits per heavy atom. The Labute approximate surface area is 104 Å².